The molecule has 3 N–H and O–H groups in total. The molecule has 36 heavy (non-hydrogen) atoms. The van der Waals surface area contributed by atoms with Gasteiger partial charge in [0.15, 0.2) is 0 Å². The van der Waals surface area contributed by atoms with Crippen molar-refractivity contribution in [1.82, 2.24) is 9.29 Å². The summed E-state index contributed by atoms with van der Waals surface area (Å²) in [6.45, 7) is 5.23. The summed E-state index contributed by atoms with van der Waals surface area (Å²) in [7, 11) is -1.95. The second-order valence-electron chi connectivity index (χ2n) is 10.1. The molecule has 9 heteroatoms. The number of aromatic amines is 1. The first-order valence-corrected chi connectivity index (χ1v) is 14.0. The van der Waals surface area contributed by atoms with Crippen molar-refractivity contribution in [3.05, 3.63) is 63.4 Å². The highest BCUT2D eigenvalue weighted by Crippen LogP contribution is 2.36. The molecule has 5 rings (SSSR count). The number of hydrogen-bond acceptors (Lipinski definition) is 6. The van der Waals surface area contributed by atoms with E-state index in [-0.39, 0.29) is 29.1 Å². The number of nitrogens with zero attached hydrogens (tertiary/aromatic N) is 2. The van der Waals surface area contributed by atoms with Crippen LogP contribution >= 0.6 is 0 Å². The molecule has 2 aromatic carbocycles. The Hall–Kier alpha value is -2.88. The molecular formula is C27H34N4O4S. The lowest BCUT2D eigenvalue weighted by Crippen LogP contribution is -2.44. The Kier molecular flexibility index (Phi) is 6.57. The van der Waals surface area contributed by atoms with Crippen LogP contribution in [0.1, 0.15) is 42.4 Å². The fourth-order valence-electron chi connectivity index (χ4n) is 5.29. The second-order valence-corrected chi connectivity index (χ2v) is 12.0. The van der Waals surface area contributed by atoms with Crippen molar-refractivity contribution in [1.29, 1.82) is 0 Å². The van der Waals surface area contributed by atoms with Gasteiger partial charge in [-0.25, -0.2) is 8.42 Å². The number of aromatic nitrogens is 1. The molecule has 1 saturated carbocycles. The lowest BCUT2D eigenvalue weighted by Gasteiger charge is -2.35. The number of pyridine rings is 1. The Morgan fingerprint density at radius 2 is 1.86 bits per heavy atom. The number of hydrogen-bond donors (Lipinski definition) is 2. The topological polar surface area (TPSA) is 109 Å². The average molecular weight is 511 g/mol. The largest absolute Gasteiger partial charge is 0.490 e. The molecule has 0 atom stereocenters. The van der Waals surface area contributed by atoms with Crippen LogP contribution in [0.2, 0.25) is 0 Å². The van der Waals surface area contributed by atoms with Crippen LogP contribution in [0, 0.1) is 13.8 Å². The third-order valence-corrected chi connectivity index (χ3v) is 9.63. The van der Waals surface area contributed by atoms with Crippen LogP contribution in [-0.2, 0) is 16.6 Å². The van der Waals surface area contributed by atoms with E-state index in [0.29, 0.717) is 30.8 Å². The van der Waals surface area contributed by atoms with Gasteiger partial charge in [-0.05, 0) is 74.2 Å². The molecule has 0 amide bonds. The van der Waals surface area contributed by atoms with Crippen molar-refractivity contribution in [3.8, 4) is 5.75 Å². The van der Waals surface area contributed by atoms with E-state index in [1.165, 1.54) is 4.31 Å². The zero-order valence-electron chi connectivity index (χ0n) is 21.1. The van der Waals surface area contributed by atoms with Gasteiger partial charge < -0.3 is 20.4 Å². The number of aryl methyl sites for hydroxylation is 2. The van der Waals surface area contributed by atoms with Crippen molar-refractivity contribution >= 4 is 26.6 Å². The number of nitrogens with one attached hydrogen (secondary N) is 1. The standard InChI is InChI=1S/C27H34N4O4S/c1-17-4-5-19-14-20(27(32)29-26(19)18(17)2)16-31(22-8-6-21(28)7-9-22)36(33,34)23-10-11-24-25(15-23)35-13-12-30(24)3/h4-5,10-11,14-15,21-22H,6-9,12-13,16,28H2,1-3H3,(H,29,32). The van der Waals surface area contributed by atoms with E-state index in [1.807, 2.05) is 44.0 Å². The number of likely N-dealkylation sites (N-methyl/N-ethyl adjacent to an activating group) is 1. The normalized spacial score (nSPS) is 20.4. The quantitative estimate of drug-likeness (QED) is 0.544. The van der Waals surface area contributed by atoms with Crippen molar-refractivity contribution in [2.75, 3.05) is 25.1 Å². The lowest BCUT2D eigenvalue weighted by atomic mass is 9.91. The van der Waals surface area contributed by atoms with Gasteiger partial charge in [-0.1, -0.05) is 12.1 Å². The first-order valence-electron chi connectivity index (χ1n) is 12.5. The number of nitrogens with two attached hydrogens (primary N) is 1. The summed E-state index contributed by atoms with van der Waals surface area (Å²) in [5.74, 6) is 0.560. The van der Waals surface area contributed by atoms with E-state index in [4.69, 9.17) is 10.5 Å². The van der Waals surface area contributed by atoms with Gasteiger partial charge in [0, 0.05) is 37.3 Å². The van der Waals surface area contributed by atoms with Crippen molar-refractivity contribution in [2.45, 2.75) is 63.1 Å². The van der Waals surface area contributed by atoms with Gasteiger partial charge in [0.2, 0.25) is 10.0 Å². The Bertz CT molecular complexity index is 1460. The van der Waals surface area contributed by atoms with Gasteiger partial charge in [0.25, 0.3) is 5.56 Å². The zero-order chi connectivity index (χ0) is 25.6. The highest BCUT2D eigenvalue weighted by atomic mass is 32.2. The Morgan fingerprint density at radius 3 is 2.61 bits per heavy atom. The molecule has 0 radical (unpaired) electrons. The van der Waals surface area contributed by atoms with E-state index in [2.05, 4.69) is 4.98 Å². The van der Waals surface area contributed by atoms with Gasteiger partial charge in [-0.15, -0.1) is 0 Å². The Labute approximate surface area is 212 Å². The summed E-state index contributed by atoms with van der Waals surface area (Å²) in [5.41, 5.74) is 10.1. The Morgan fingerprint density at radius 1 is 1.11 bits per heavy atom. The predicted octanol–water partition coefficient (Wildman–Crippen LogP) is 3.43. The van der Waals surface area contributed by atoms with Gasteiger partial charge in [-0.3, -0.25) is 4.79 Å². The fourth-order valence-corrected chi connectivity index (χ4v) is 6.97. The van der Waals surface area contributed by atoms with Crippen LogP contribution in [0.3, 0.4) is 0 Å². The number of H-pyrrole nitrogens is 1. The summed E-state index contributed by atoms with van der Waals surface area (Å²) in [6, 6.07) is 10.7. The molecular weight excluding hydrogens is 476 g/mol. The molecule has 1 aromatic heterocycles. The number of benzene rings is 2. The molecule has 0 unspecified atom stereocenters. The third kappa shape index (κ3) is 4.51. The summed E-state index contributed by atoms with van der Waals surface area (Å²) < 4.78 is 35.4. The van der Waals surface area contributed by atoms with Crippen LogP contribution in [0.15, 0.2) is 46.1 Å². The summed E-state index contributed by atoms with van der Waals surface area (Å²) in [6.07, 6.45) is 2.82. The maximum atomic E-state index is 14.1. The van der Waals surface area contributed by atoms with E-state index in [1.54, 1.807) is 18.2 Å². The van der Waals surface area contributed by atoms with Crippen molar-refractivity contribution in [2.24, 2.45) is 5.73 Å². The van der Waals surface area contributed by atoms with Crippen molar-refractivity contribution < 1.29 is 13.2 Å². The number of anilines is 1. The molecule has 8 nitrogen and oxygen atoms in total. The minimum absolute atomic E-state index is 0.00171. The van der Waals surface area contributed by atoms with Crippen molar-refractivity contribution in [3.63, 3.8) is 0 Å². The van der Waals surface area contributed by atoms with E-state index >= 15 is 0 Å². The van der Waals surface area contributed by atoms with Crippen LogP contribution in [-0.4, -0.2) is 50.0 Å². The fraction of sp³-hybridized carbons (Fsp3) is 0.444. The number of sulfonamides is 1. The molecule has 0 bridgehead atoms. The minimum Gasteiger partial charge on any atom is -0.490 e. The van der Waals surface area contributed by atoms with Gasteiger partial charge in [-0.2, -0.15) is 4.31 Å². The first-order chi connectivity index (χ1) is 17.1. The first kappa shape index (κ1) is 24.8. The molecule has 1 fully saturated rings. The van der Waals surface area contributed by atoms with E-state index in [0.717, 1.165) is 47.1 Å². The second kappa shape index (κ2) is 9.53. The smallest absolute Gasteiger partial charge is 0.252 e. The SMILES string of the molecule is Cc1ccc2cc(CN(C3CCC(N)CC3)S(=O)(=O)c3ccc4c(c3)OCCN4C)c(=O)[nH]c2c1C. The van der Waals surface area contributed by atoms with Gasteiger partial charge in [0.1, 0.15) is 12.4 Å². The minimum atomic E-state index is -3.91. The molecule has 192 valence electrons. The molecule has 1 aliphatic heterocycles. The number of ether oxygens (including phenoxy) is 1. The van der Waals surface area contributed by atoms with Crippen LogP contribution in [0.5, 0.6) is 5.75 Å². The predicted molar refractivity (Wildman–Crippen MR) is 142 cm³/mol. The maximum absolute atomic E-state index is 14.1. The molecule has 3 aromatic rings. The average Bonchev–Trinajstić information content (AvgIpc) is 2.86. The summed E-state index contributed by atoms with van der Waals surface area (Å²) in [4.78, 5) is 18.4. The third-order valence-electron chi connectivity index (χ3n) is 7.74. The van der Waals surface area contributed by atoms with E-state index < -0.39 is 10.0 Å². The summed E-state index contributed by atoms with van der Waals surface area (Å²) >= 11 is 0. The van der Waals surface area contributed by atoms with Crippen LogP contribution < -0.4 is 20.9 Å². The summed E-state index contributed by atoms with van der Waals surface area (Å²) in [5, 5.41) is 0.890. The monoisotopic (exact) mass is 510 g/mol. The number of rotatable bonds is 5. The van der Waals surface area contributed by atoms with E-state index in [9.17, 15) is 13.2 Å². The Balaban J connectivity index is 1.56. The molecule has 2 heterocycles. The van der Waals surface area contributed by atoms with Gasteiger partial charge >= 0.3 is 0 Å². The molecule has 0 spiro atoms. The zero-order valence-corrected chi connectivity index (χ0v) is 21.9. The highest BCUT2D eigenvalue weighted by Gasteiger charge is 2.35. The van der Waals surface area contributed by atoms with Gasteiger partial charge in [0.05, 0.1) is 22.6 Å². The molecule has 2 aliphatic rings. The number of fused-ring (bicyclic) bond motifs is 2. The molecule has 1 aliphatic carbocycles. The maximum Gasteiger partial charge on any atom is 0.252 e. The van der Waals surface area contributed by atoms with Crippen LogP contribution in [0.4, 0.5) is 5.69 Å². The lowest BCUT2D eigenvalue weighted by molar-refractivity contribution is 0.234. The molecule has 0 saturated heterocycles. The highest BCUT2D eigenvalue weighted by molar-refractivity contribution is 7.89. The van der Waals surface area contributed by atoms with Crippen LogP contribution in [0.25, 0.3) is 10.9 Å².